The van der Waals surface area contributed by atoms with Crippen LogP contribution in [-0.2, 0) is 11.3 Å². The van der Waals surface area contributed by atoms with Crippen LogP contribution in [-0.4, -0.2) is 58.5 Å². The van der Waals surface area contributed by atoms with Crippen LogP contribution >= 0.6 is 11.6 Å². The van der Waals surface area contributed by atoms with Crippen LogP contribution in [0.15, 0.2) is 35.3 Å². The third kappa shape index (κ3) is 7.14. The molecule has 0 bridgehead atoms. The monoisotopic (exact) mass is 473 g/mol. The summed E-state index contributed by atoms with van der Waals surface area (Å²) in [6.07, 6.45) is 5.81. The van der Waals surface area contributed by atoms with E-state index in [4.69, 9.17) is 11.6 Å². The van der Waals surface area contributed by atoms with E-state index in [1.807, 2.05) is 13.8 Å². The number of hydrogen-bond acceptors (Lipinski definition) is 5. The van der Waals surface area contributed by atoms with Gasteiger partial charge in [-0.05, 0) is 64.9 Å². The molecule has 2 aromatic rings. The summed E-state index contributed by atoms with van der Waals surface area (Å²) in [5.74, 6) is -0.541. The minimum atomic E-state index is -0.563. The maximum atomic E-state index is 13.2. The Morgan fingerprint density at radius 3 is 2.64 bits per heavy atom. The number of nitrogens with zero attached hydrogens (tertiary/aromatic N) is 3. The van der Waals surface area contributed by atoms with Gasteiger partial charge in [-0.1, -0.05) is 30.2 Å². The smallest absolute Gasteiger partial charge is 0.267 e. The average Bonchev–Trinajstić information content (AvgIpc) is 2.78. The highest BCUT2D eigenvalue weighted by Gasteiger charge is 2.19. The number of benzene rings is 1. The van der Waals surface area contributed by atoms with Gasteiger partial charge < -0.3 is 15.5 Å². The van der Waals surface area contributed by atoms with Gasteiger partial charge in [-0.15, -0.1) is 0 Å². The Labute approximate surface area is 199 Å². The van der Waals surface area contributed by atoms with Crippen LogP contribution in [0.4, 0.5) is 0 Å². The number of nitrogens with one attached hydrogen (secondary N) is 2. The Morgan fingerprint density at radius 1 is 1.18 bits per heavy atom. The first-order chi connectivity index (χ1) is 15.8. The molecule has 0 spiro atoms. The van der Waals surface area contributed by atoms with E-state index in [0.717, 1.165) is 26.1 Å². The summed E-state index contributed by atoms with van der Waals surface area (Å²) in [6, 6.07) is 6.80. The van der Waals surface area contributed by atoms with Crippen molar-refractivity contribution in [1.29, 1.82) is 0 Å². The third-order valence-electron chi connectivity index (χ3n) is 5.51. The van der Waals surface area contributed by atoms with Gasteiger partial charge in [0.1, 0.15) is 17.9 Å². The van der Waals surface area contributed by atoms with Crippen molar-refractivity contribution in [2.45, 2.75) is 52.1 Å². The summed E-state index contributed by atoms with van der Waals surface area (Å²) in [5.41, 5.74) is -0.0612. The maximum Gasteiger partial charge on any atom is 0.267 e. The van der Waals surface area contributed by atoms with Crippen LogP contribution < -0.4 is 16.2 Å². The van der Waals surface area contributed by atoms with Gasteiger partial charge >= 0.3 is 0 Å². The maximum absolute atomic E-state index is 13.2. The third-order valence-corrected chi connectivity index (χ3v) is 5.75. The highest BCUT2D eigenvalue weighted by molar-refractivity contribution is 6.30. The lowest BCUT2D eigenvalue weighted by Crippen LogP contribution is -2.40. The summed E-state index contributed by atoms with van der Waals surface area (Å²) in [6.45, 7) is 7.03. The van der Waals surface area contributed by atoms with Crippen molar-refractivity contribution in [1.82, 2.24) is 25.1 Å². The van der Waals surface area contributed by atoms with Gasteiger partial charge in [0.2, 0.25) is 5.91 Å². The summed E-state index contributed by atoms with van der Waals surface area (Å²) in [5, 5.41) is 6.07. The van der Waals surface area contributed by atoms with Crippen molar-refractivity contribution >= 4 is 23.4 Å². The molecule has 2 N–H and O–H groups in total. The lowest BCUT2D eigenvalue weighted by Gasteiger charge is -2.26. The zero-order valence-corrected chi connectivity index (χ0v) is 20.0. The fourth-order valence-corrected chi connectivity index (χ4v) is 4.14. The van der Waals surface area contributed by atoms with Crippen LogP contribution in [0.2, 0.25) is 5.02 Å². The molecular weight excluding hydrogens is 442 g/mol. The first-order valence-electron chi connectivity index (χ1n) is 11.5. The quantitative estimate of drug-likeness (QED) is 0.546. The van der Waals surface area contributed by atoms with E-state index in [1.165, 1.54) is 30.0 Å². The Hall–Kier alpha value is -2.71. The van der Waals surface area contributed by atoms with Crippen molar-refractivity contribution in [2.24, 2.45) is 0 Å². The first-order valence-corrected chi connectivity index (χ1v) is 11.9. The molecule has 1 aliphatic heterocycles. The Balaban J connectivity index is 1.77. The summed E-state index contributed by atoms with van der Waals surface area (Å²) < 4.78 is 1.23. The molecule has 1 aliphatic rings. The molecular formula is C24H32ClN5O3. The Bertz CT molecular complexity index is 1030. The largest absolute Gasteiger partial charge is 0.352 e. The van der Waals surface area contributed by atoms with Gasteiger partial charge in [-0.25, -0.2) is 4.98 Å². The van der Waals surface area contributed by atoms with Crippen LogP contribution in [0.3, 0.4) is 0 Å². The van der Waals surface area contributed by atoms with Gasteiger partial charge in [0, 0.05) is 29.4 Å². The first kappa shape index (κ1) is 24.9. The standard InChI is InChI=1S/C24H32ClN5O3/c1-17(2)28-21(31)16-30-22(18-8-6-9-19(25)14-18)27-15-20(24(30)33)23(32)26-10-7-13-29-11-4-3-5-12-29/h6,8-9,14-15,17H,3-5,7,10-13,16H2,1-2H3,(H,26,32)(H,28,31). The van der Waals surface area contributed by atoms with Crippen LogP contribution in [0, 0.1) is 0 Å². The SMILES string of the molecule is CC(C)NC(=O)Cn1c(-c2cccc(Cl)c2)ncc(C(=O)NCCCN2CCCCC2)c1=O. The normalized spacial score (nSPS) is 14.3. The van der Waals surface area contributed by atoms with E-state index < -0.39 is 11.5 Å². The van der Waals surface area contributed by atoms with Crippen molar-refractivity contribution in [3.8, 4) is 11.4 Å². The molecule has 1 aromatic carbocycles. The minimum Gasteiger partial charge on any atom is -0.352 e. The fourth-order valence-electron chi connectivity index (χ4n) is 3.95. The topological polar surface area (TPSA) is 96.3 Å². The van der Waals surface area contributed by atoms with Crippen molar-refractivity contribution in [3.05, 3.63) is 51.4 Å². The molecule has 0 unspecified atom stereocenters. The van der Waals surface area contributed by atoms with Crippen LogP contribution in [0.5, 0.6) is 0 Å². The van der Waals surface area contributed by atoms with Crippen LogP contribution in [0.1, 0.15) is 49.9 Å². The summed E-state index contributed by atoms with van der Waals surface area (Å²) >= 11 is 6.11. The number of aromatic nitrogens is 2. The Kier molecular flexibility index (Phi) is 9.03. The van der Waals surface area contributed by atoms with E-state index in [0.29, 0.717) is 17.1 Å². The molecule has 1 aromatic heterocycles. The molecule has 0 atom stereocenters. The molecule has 2 heterocycles. The lowest BCUT2D eigenvalue weighted by atomic mass is 10.1. The molecule has 3 rings (SSSR count). The molecule has 2 amide bonds. The summed E-state index contributed by atoms with van der Waals surface area (Å²) in [7, 11) is 0. The highest BCUT2D eigenvalue weighted by atomic mass is 35.5. The fraction of sp³-hybridized carbons (Fsp3) is 0.500. The van der Waals surface area contributed by atoms with Crippen LogP contribution in [0.25, 0.3) is 11.4 Å². The van der Waals surface area contributed by atoms with E-state index in [1.54, 1.807) is 24.3 Å². The van der Waals surface area contributed by atoms with E-state index >= 15 is 0 Å². The van der Waals surface area contributed by atoms with Crippen molar-refractivity contribution in [3.63, 3.8) is 0 Å². The number of carbonyl (C=O) groups is 2. The minimum absolute atomic E-state index is 0.0813. The van der Waals surface area contributed by atoms with E-state index in [9.17, 15) is 14.4 Å². The average molecular weight is 474 g/mol. The lowest BCUT2D eigenvalue weighted by molar-refractivity contribution is -0.122. The van der Waals surface area contributed by atoms with E-state index in [-0.39, 0.29) is 29.9 Å². The molecule has 8 nitrogen and oxygen atoms in total. The predicted octanol–water partition coefficient (Wildman–Crippen LogP) is 2.69. The highest BCUT2D eigenvalue weighted by Crippen LogP contribution is 2.20. The molecule has 1 fully saturated rings. The number of carbonyl (C=O) groups excluding carboxylic acids is 2. The number of likely N-dealkylation sites (tertiary alicyclic amines) is 1. The van der Waals surface area contributed by atoms with Gasteiger partial charge in [-0.3, -0.25) is 19.0 Å². The zero-order chi connectivity index (χ0) is 23.8. The molecule has 178 valence electrons. The molecule has 0 saturated carbocycles. The number of piperidine rings is 1. The van der Waals surface area contributed by atoms with Gasteiger partial charge in [0.05, 0.1) is 0 Å². The number of amides is 2. The van der Waals surface area contributed by atoms with Gasteiger partial charge in [0.15, 0.2) is 0 Å². The predicted molar refractivity (Wildman–Crippen MR) is 129 cm³/mol. The number of halogens is 1. The second-order valence-corrected chi connectivity index (χ2v) is 9.07. The molecule has 1 saturated heterocycles. The zero-order valence-electron chi connectivity index (χ0n) is 19.3. The second kappa shape index (κ2) is 12.0. The van der Waals surface area contributed by atoms with Gasteiger partial charge in [0.25, 0.3) is 11.5 Å². The van der Waals surface area contributed by atoms with Crippen molar-refractivity contribution < 1.29 is 9.59 Å². The number of hydrogen-bond donors (Lipinski definition) is 2. The molecule has 33 heavy (non-hydrogen) atoms. The molecule has 0 aliphatic carbocycles. The molecule has 0 radical (unpaired) electrons. The molecule has 9 heteroatoms. The number of rotatable bonds is 9. The van der Waals surface area contributed by atoms with Crippen molar-refractivity contribution in [2.75, 3.05) is 26.2 Å². The van der Waals surface area contributed by atoms with Gasteiger partial charge in [-0.2, -0.15) is 0 Å². The van der Waals surface area contributed by atoms with E-state index in [2.05, 4.69) is 20.5 Å². The Morgan fingerprint density at radius 2 is 1.94 bits per heavy atom. The second-order valence-electron chi connectivity index (χ2n) is 8.63. The summed E-state index contributed by atoms with van der Waals surface area (Å²) in [4.78, 5) is 45.2.